The Bertz CT molecular complexity index is 727. The molecule has 0 spiro atoms. The molecule has 0 aliphatic rings. The molecule has 0 aromatic heterocycles. The van der Waals surface area contributed by atoms with Gasteiger partial charge in [-0.1, -0.05) is 34.8 Å². The third-order valence-corrected chi connectivity index (χ3v) is 3.54. The second-order valence-corrected chi connectivity index (χ2v) is 5.64. The summed E-state index contributed by atoms with van der Waals surface area (Å²) >= 11 is 17.8. The maximum absolute atomic E-state index is 12.0. The van der Waals surface area contributed by atoms with Gasteiger partial charge in [0.2, 0.25) is 0 Å². The van der Waals surface area contributed by atoms with Gasteiger partial charge in [-0.2, -0.15) is 0 Å². The Morgan fingerprint density at radius 1 is 0.957 bits per heavy atom. The molecule has 5 N–H and O–H groups in total. The lowest BCUT2D eigenvalue weighted by Crippen LogP contribution is -2.29. The first-order valence-electron chi connectivity index (χ1n) is 6.24. The van der Waals surface area contributed by atoms with Gasteiger partial charge in [0.1, 0.15) is 0 Å². The summed E-state index contributed by atoms with van der Waals surface area (Å²) in [6.45, 7) is 0. The predicted octanol–water partition coefficient (Wildman–Crippen LogP) is 3.89. The number of rotatable bonds is 4. The SMILES string of the molecule is NC(=O)Nc1ccc(C(=O)NNc2c(Cl)cc(Cl)cc2Cl)cc1. The normalized spacial score (nSPS) is 10.0. The van der Waals surface area contributed by atoms with Gasteiger partial charge in [-0.25, -0.2) is 4.79 Å². The van der Waals surface area contributed by atoms with Crippen LogP contribution in [0.15, 0.2) is 36.4 Å². The first-order valence-corrected chi connectivity index (χ1v) is 7.37. The first kappa shape index (κ1) is 17.2. The highest BCUT2D eigenvalue weighted by atomic mass is 35.5. The van der Waals surface area contributed by atoms with Crippen molar-refractivity contribution in [1.82, 2.24) is 5.43 Å². The highest BCUT2D eigenvalue weighted by molar-refractivity contribution is 6.41. The summed E-state index contributed by atoms with van der Waals surface area (Å²) in [5, 5.41) is 3.31. The Balaban J connectivity index is 2.04. The van der Waals surface area contributed by atoms with Crippen molar-refractivity contribution >= 4 is 58.1 Å². The van der Waals surface area contributed by atoms with Crippen molar-refractivity contribution in [3.63, 3.8) is 0 Å². The molecule has 6 nitrogen and oxygen atoms in total. The zero-order valence-corrected chi connectivity index (χ0v) is 13.8. The highest BCUT2D eigenvalue weighted by Gasteiger charge is 2.10. The van der Waals surface area contributed by atoms with Crippen LogP contribution < -0.4 is 21.9 Å². The molecule has 2 rings (SSSR count). The number of nitrogens with one attached hydrogen (secondary N) is 3. The van der Waals surface area contributed by atoms with Crippen molar-refractivity contribution < 1.29 is 9.59 Å². The van der Waals surface area contributed by atoms with Crippen molar-refractivity contribution in [1.29, 1.82) is 0 Å². The Morgan fingerprint density at radius 2 is 1.52 bits per heavy atom. The molecule has 0 fully saturated rings. The van der Waals surface area contributed by atoms with Crippen LogP contribution in [0.25, 0.3) is 0 Å². The third-order valence-electron chi connectivity index (χ3n) is 2.72. The smallest absolute Gasteiger partial charge is 0.316 e. The van der Waals surface area contributed by atoms with Crippen LogP contribution in [0.5, 0.6) is 0 Å². The van der Waals surface area contributed by atoms with Crippen LogP contribution in [0.2, 0.25) is 15.1 Å². The average Bonchev–Trinajstić information content (AvgIpc) is 2.46. The van der Waals surface area contributed by atoms with E-state index < -0.39 is 11.9 Å². The quantitative estimate of drug-likeness (QED) is 0.612. The van der Waals surface area contributed by atoms with Crippen molar-refractivity contribution in [3.8, 4) is 0 Å². The molecule has 0 heterocycles. The molecule has 0 aliphatic carbocycles. The zero-order valence-electron chi connectivity index (χ0n) is 11.5. The van der Waals surface area contributed by atoms with Crippen molar-refractivity contribution in [2.45, 2.75) is 0 Å². The van der Waals surface area contributed by atoms with Crippen LogP contribution in [0.1, 0.15) is 10.4 Å². The number of amides is 3. The molecule has 0 unspecified atom stereocenters. The van der Waals surface area contributed by atoms with E-state index in [9.17, 15) is 9.59 Å². The number of nitrogens with two attached hydrogens (primary N) is 1. The molecule has 2 aromatic carbocycles. The molecule has 120 valence electrons. The summed E-state index contributed by atoms with van der Waals surface area (Å²) in [7, 11) is 0. The number of anilines is 2. The number of carbonyl (C=O) groups excluding carboxylic acids is 2. The van der Waals surface area contributed by atoms with Gasteiger partial charge in [0.05, 0.1) is 15.7 Å². The second-order valence-electron chi connectivity index (χ2n) is 4.39. The van der Waals surface area contributed by atoms with E-state index >= 15 is 0 Å². The summed E-state index contributed by atoms with van der Waals surface area (Å²) in [5.74, 6) is -0.419. The number of primary amides is 1. The lowest BCUT2D eigenvalue weighted by Gasteiger charge is -2.12. The zero-order chi connectivity index (χ0) is 17.0. The number of carbonyl (C=O) groups is 2. The molecule has 0 saturated heterocycles. The van der Waals surface area contributed by atoms with Crippen molar-refractivity contribution in [3.05, 3.63) is 57.0 Å². The summed E-state index contributed by atoms with van der Waals surface area (Å²) < 4.78 is 0. The van der Waals surface area contributed by atoms with E-state index in [4.69, 9.17) is 40.5 Å². The fourth-order valence-electron chi connectivity index (χ4n) is 1.70. The first-order chi connectivity index (χ1) is 10.9. The van der Waals surface area contributed by atoms with Crippen LogP contribution in [-0.2, 0) is 0 Å². The Kier molecular flexibility index (Phi) is 5.54. The van der Waals surface area contributed by atoms with Gasteiger partial charge in [0.25, 0.3) is 5.91 Å². The van der Waals surface area contributed by atoms with Gasteiger partial charge in [-0.05, 0) is 36.4 Å². The predicted molar refractivity (Wildman–Crippen MR) is 92.2 cm³/mol. The van der Waals surface area contributed by atoms with E-state index in [1.54, 1.807) is 12.1 Å². The molecule has 0 atom stereocenters. The summed E-state index contributed by atoms with van der Waals surface area (Å²) in [6, 6.07) is 8.43. The van der Waals surface area contributed by atoms with Crippen LogP contribution in [0.3, 0.4) is 0 Å². The highest BCUT2D eigenvalue weighted by Crippen LogP contribution is 2.33. The Hall–Kier alpha value is -2.15. The molecule has 0 saturated carbocycles. The van der Waals surface area contributed by atoms with Gasteiger partial charge in [-0.15, -0.1) is 0 Å². The lowest BCUT2D eigenvalue weighted by atomic mass is 10.2. The summed E-state index contributed by atoms with van der Waals surface area (Å²) in [5.41, 5.74) is 11.3. The minimum Gasteiger partial charge on any atom is -0.351 e. The van der Waals surface area contributed by atoms with E-state index in [1.165, 1.54) is 24.3 Å². The van der Waals surface area contributed by atoms with Gasteiger partial charge < -0.3 is 11.1 Å². The topological polar surface area (TPSA) is 96.2 Å². The van der Waals surface area contributed by atoms with E-state index in [2.05, 4.69) is 16.2 Å². The number of hydrogen-bond acceptors (Lipinski definition) is 3. The monoisotopic (exact) mass is 372 g/mol. The number of halogens is 3. The minimum absolute atomic E-state index is 0.267. The molecule has 0 bridgehead atoms. The summed E-state index contributed by atoms with van der Waals surface area (Å²) in [4.78, 5) is 22.8. The van der Waals surface area contributed by atoms with Gasteiger partial charge >= 0.3 is 6.03 Å². The molecular weight excluding hydrogens is 363 g/mol. The van der Waals surface area contributed by atoms with E-state index in [1.807, 2.05) is 0 Å². The largest absolute Gasteiger partial charge is 0.351 e. The number of benzene rings is 2. The van der Waals surface area contributed by atoms with E-state index in [-0.39, 0.29) is 10.0 Å². The van der Waals surface area contributed by atoms with Gasteiger partial charge in [0, 0.05) is 16.3 Å². The minimum atomic E-state index is -0.684. The van der Waals surface area contributed by atoms with Crippen molar-refractivity contribution in [2.75, 3.05) is 10.7 Å². The molecule has 9 heteroatoms. The molecular formula is C14H11Cl3N4O2. The number of hydrazine groups is 1. The fraction of sp³-hybridized carbons (Fsp3) is 0. The lowest BCUT2D eigenvalue weighted by molar-refractivity contribution is 0.0962. The maximum atomic E-state index is 12.0. The molecule has 0 aliphatic heterocycles. The second kappa shape index (κ2) is 7.41. The Labute approximate surface area is 146 Å². The molecule has 23 heavy (non-hydrogen) atoms. The number of urea groups is 1. The Morgan fingerprint density at radius 3 is 2.04 bits per heavy atom. The standard InChI is InChI=1S/C14H11Cl3N4O2/c15-8-5-10(16)12(11(17)6-8)20-21-13(22)7-1-3-9(4-2-7)19-14(18)23/h1-6,20H,(H,21,22)(H3,18,19,23). The molecule has 3 amide bonds. The van der Waals surface area contributed by atoms with Crippen LogP contribution in [-0.4, -0.2) is 11.9 Å². The van der Waals surface area contributed by atoms with Crippen LogP contribution >= 0.6 is 34.8 Å². The third kappa shape index (κ3) is 4.66. The average molecular weight is 374 g/mol. The summed E-state index contributed by atoms with van der Waals surface area (Å²) in [6.07, 6.45) is 0. The van der Waals surface area contributed by atoms with E-state index in [0.29, 0.717) is 22.0 Å². The molecule has 0 radical (unpaired) electrons. The van der Waals surface area contributed by atoms with Crippen molar-refractivity contribution in [2.24, 2.45) is 5.73 Å². The van der Waals surface area contributed by atoms with Gasteiger partial charge in [0.15, 0.2) is 0 Å². The van der Waals surface area contributed by atoms with Crippen LogP contribution in [0.4, 0.5) is 16.2 Å². The van der Waals surface area contributed by atoms with Gasteiger partial charge in [-0.3, -0.25) is 15.6 Å². The number of hydrogen-bond donors (Lipinski definition) is 4. The molecule has 2 aromatic rings. The maximum Gasteiger partial charge on any atom is 0.316 e. The van der Waals surface area contributed by atoms with Crippen LogP contribution in [0, 0.1) is 0 Å². The fourth-order valence-corrected chi connectivity index (χ4v) is 2.61. The van der Waals surface area contributed by atoms with E-state index in [0.717, 1.165) is 0 Å².